The summed E-state index contributed by atoms with van der Waals surface area (Å²) in [7, 11) is 1.30. The van der Waals surface area contributed by atoms with Gasteiger partial charge in [-0.15, -0.1) is 13.2 Å². The topological polar surface area (TPSA) is 305 Å². The van der Waals surface area contributed by atoms with Crippen LogP contribution in [-0.2, 0) is 59.0 Å². The van der Waals surface area contributed by atoms with Crippen LogP contribution in [0, 0.1) is 55.4 Å². The standard InChI is InChI=1S/C26H25NO5.2C23H37NO4.C21H33NO5.2CH4/c1-15-11-17(28)12-16(2)22(15)13-24(25(29)30)27-26(31)32-14-23-20-9-5-3-7-18(20)19-8-4-6-10-21(19)23;2*1-10-11-20(25)19(24-21(26)28-23(7,8)9)14-18-15(2)12-17(13-16(18)3)27-22(4,5)6;1-13-10-15(26-20(3,4)5)11-14(2)16(13)12-17(18(23)25-9)22-19(24)27-21(6,7)8;;/h3-12,23-24,28H,13-14H2,1-2H3,(H,27,31)(H,29,30);2*10,12-13,19-20,25H,1,11,14H2,2-9H3,(H,24,26);10-11,17H,12H2,1-9H3,(H,22,24);2*1H4/t24-;19-,20+;19-,20-;17-;;/m1000../s1. The highest BCUT2D eigenvalue weighted by molar-refractivity contribution is 5.83. The van der Waals surface area contributed by atoms with Crippen molar-refractivity contribution in [2.45, 2.75) is 309 Å². The van der Waals surface area contributed by atoms with E-state index in [1.54, 1.807) is 58.9 Å². The molecule has 0 fully saturated rings. The molecule has 6 aromatic carbocycles. The number of esters is 1. The summed E-state index contributed by atoms with van der Waals surface area (Å²) >= 11 is 0. The number of ether oxygens (including phenoxy) is 8. The molecule has 1 aliphatic carbocycles. The number of fused-ring (bicyclic) bond motifs is 3. The normalized spacial score (nSPS) is 13.4. The van der Waals surface area contributed by atoms with E-state index in [1.807, 2.05) is 218 Å². The quantitative estimate of drug-likeness (QED) is 0.0150. The number of aliphatic carboxylic acids is 1. The number of aryl methyl sites for hydroxylation is 8. The van der Waals surface area contributed by atoms with Crippen LogP contribution in [0.1, 0.15) is 236 Å². The lowest BCUT2D eigenvalue weighted by Gasteiger charge is -2.28. The minimum atomic E-state index is -1.15. The zero-order chi connectivity index (χ0) is 87.2. The van der Waals surface area contributed by atoms with Crippen LogP contribution in [0.2, 0.25) is 0 Å². The van der Waals surface area contributed by atoms with E-state index in [1.165, 1.54) is 7.11 Å². The minimum absolute atomic E-state index is 0. The van der Waals surface area contributed by atoms with Crippen molar-refractivity contribution in [1.82, 2.24) is 21.3 Å². The SMILES string of the molecule is C.C.C=CC[C@@H](O)[C@H](Cc1c(C)cc(OC(C)(C)C)cc1C)NC(=O)OC(C)(C)C.C=CC[C@H](O)[C@H](Cc1c(C)cc(OC(C)(C)C)cc1C)NC(=O)OC(C)(C)C.COC(=O)[C@H](Cc1c(C)cc(OC(C)(C)C)cc1C)NC(=O)OC(C)(C)C.Cc1cc(O)cc(C)c1C[C@@H](NC(=O)OCC1c2ccccc2-c2ccccc21)C(=O)O. The number of aliphatic hydroxyl groups excluding tert-OH is 2. The molecule has 6 aromatic rings. The number of aromatic hydroxyl groups is 1. The molecular weight excluding hydrogens is 1490 g/mol. The van der Waals surface area contributed by atoms with Gasteiger partial charge in [0.2, 0.25) is 0 Å². The molecule has 0 saturated carbocycles. The van der Waals surface area contributed by atoms with E-state index in [-0.39, 0.29) is 56.4 Å². The monoisotopic (exact) mass is 1630 g/mol. The number of phenols is 1. The van der Waals surface area contributed by atoms with Crippen LogP contribution < -0.4 is 35.5 Å². The molecule has 1 aliphatic rings. The number of amides is 4. The van der Waals surface area contributed by atoms with Crippen LogP contribution in [0.25, 0.3) is 11.1 Å². The molecular formula is C95H140N4O18. The van der Waals surface area contributed by atoms with Gasteiger partial charge < -0.3 is 79.6 Å². The van der Waals surface area contributed by atoms with E-state index in [0.29, 0.717) is 32.1 Å². The van der Waals surface area contributed by atoms with E-state index < -0.39 is 89.5 Å². The third-order valence-corrected chi connectivity index (χ3v) is 17.9. The lowest BCUT2D eigenvalue weighted by Crippen LogP contribution is -2.46. The van der Waals surface area contributed by atoms with Gasteiger partial charge in [0.05, 0.1) is 31.4 Å². The van der Waals surface area contributed by atoms with E-state index in [2.05, 4.69) is 46.6 Å². The van der Waals surface area contributed by atoms with Gasteiger partial charge in [0.25, 0.3) is 0 Å². The number of methoxy groups -OCH3 is 1. The summed E-state index contributed by atoms with van der Waals surface area (Å²) < 4.78 is 44.2. The van der Waals surface area contributed by atoms with E-state index in [0.717, 1.165) is 106 Å². The fourth-order valence-corrected chi connectivity index (χ4v) is 13.1. The Kier molecular flexibility index (Phi) is 39.2. The van der Waals surface area contributed by atoms with Gasteiger partial charge in [0, 0.05) is 18.8 Å². The first-order chi connectivity index (χ1) is 53.0. The molecule has 6 atom stereocenters. The first-order valence-electron chi connectivity index (χ1n) is 39.1. The van der Waals surface area contributed by atoms with Gasteiger partial charge >= 0.3 is 36.3 Å². The second-order valence-electron chi connectivity index (χ2n) is 35.4. The van der Waals surface area contributed by atoms with Crippen molar-refractivity contribution in [3.8, 4) is 34.1 Å². The summed E-state index contributed by atoms with van der Waals surface area (Å²) in [5, 5.41) is 51.2. The van der Waals surface area contributed by atoms with Crippen molar-refractivity contribution >= 4 is 36.3 Å². The van der Waals surface area contributed by atoms with Gasteiger partial charge in [-0.3, -0.25) is 0 Å². The van der Waals surface area contributed by atoms with E-state index in [9.17, 15) is 49.2 Å². The number of nitrogens with one attached hydrogen (secondary N) is 4. The van der Waals surface area contributed by atoms with Crippen LogP contribution >= 0.6 is 0 Å². The lowest BCUT2D eigenvalue weighted by molar-refractivity contribution is -0.143. The molecule has 0 saturated heterocycles. The Labute approximate surface area is 698 Å². The Balaban J connectivity index is 0.000000527. The number of carboxylic acids is 1. The number of phenolic OH excluding ortho intramolecular Hbond substituents is 1. The minimum Gasteiger partial charge on any atom is -0.508 e. The van der Waals surface area contributed by atoms with Gasteiger partial charge in [-0.2, -0.15) is 0 Å². The van der Waals surface area contributed by atoms with E-state index in [4.69, 9.17) is 37.9 Å². The Morgan fingerprint density at radius 3 is 0.991 bits per heavy atom. The number of carbonyl (C=O) groups is 6. The number of hydrogen-bond donors (Lipinski definition) is 8. The van der Waals surface area contributed by atoms with Gasteiger partial charge in [0.15, 0.2) is 0 Å². The Morgan fingerprint density at radius 1 is 0.419 bits per heavy atom. The number of hydrogen-bond acceptors (Lipinski definition) is 17. The summed E-state index contributed by atoms with van der Waals surface area (Å²) in [5.74, 6) is 0.762. The summed E-state index contributed by atoms with van der Waals surface area (Å²) in [6.07, 6.45) is 1.42. The largest absolute Gasteiger partial charge is 0.508 e. The van der Waals surface area contributed by atoms with Gasteiger partial charge in [-0.1, -0.05) is 75.5 Å². The first-order valence-corrected chi connectivity index (χ1v) is 39.1. The smallest absolute Gasteiger partial charge is 0.408 e. The number of alkyl carbamates (subject to hydrolysis) is 4. The summed E-state index contributed by atoms with van der Waals surface area (Å²) in [6.45, 7) is 57.3. The molecule has 0 spiro atoms. The highest BCUT2D eigenvalue weighted by Crippen LogP contribution is 2.45. The number of carboxylic acid groups (broad SMARTS) is 1. The average Bonchev–Trinajstić information content (AvgIpc) is 1.61. The highest BCUT2D eigenvalue weighted by atomic mass is 16.6. The third kappa shape index (κ3) is 35.7. The second-order valence-corrected chi connectivity index (χ2v) is 35.4. The molecule has 117 heavy (non-hydrogen) atoms. The predicted octanol–water partition coefficient (Wildman–Crippen LogP) is 19.6. The first kappa shape index (κ1) is 103. The predicted molar refractivity (Wildman–Crippen MR) is 468 cm³/mol. The molecule has 22 heteroatoms. The van der Waals surface area contributed by atoms with Crippen molar-refractivity contribution in [3.05, 3.63) is 200 Å². The Bertz CT molecular complexity index is 4050. The zero-order valence-corrected chi connectivity index (χ0v) is 73.3. The molecule has 0 bridgehead atoms. The third-order valence-electron chi connectivity index (χ3n) is 17.9. The summed E-state index contributed by atoms with van der Waals surface area (Å²) in [6, 6.07) is 28.1. The van der Waals surface area contributed by atoms with Crippen LogP contribution in [0.15, 0.2) is 122 Å². The Hall–Kier alpha value is -10.1. The number of aliphatic hydroxyl groups is 2. The van der Waals surface area contributed by atoms with Gasteiger partial charge in [0.1, 0.15) is 75.3 Å². The van der Waals surface area contributed by atoms with Crippen LogP contribution in [0.5, 0.6) is 23.0 Å². The maximum Gasteiger partial charge on any atom is 0.408 e. The number of benzene rings is 6. The lowest BCUT2D eigenvalue weighted by atomic mass is 9.92. The number of rotatable bonds is 25. The van der Waals surface area contributed by atoms with Crippen molar-refractivity contribution in [2.75, 3.05) is 13.7 Å². The molecule has 648 valence electrons. The molecule has 0 radical (unpaired) electrons. The molecule has 8 N–H and O–H groups in total. The average molecular weight is 1630 g/mol. The maximum absolute atomic E-state index is 12.5. The second kappa shape index (κ2) is 44.5. The Morgan fingerprint density at radius 2 is 0.701 bits per heavy atom. The van der Waals surface area contributed by atoms with E-state index >= 15 is 0 Å². The fourth-order valence-electron chi connectivity index (χ4n) is 13.1. The van der Waals surface area contributed by atoms with Crippen LogP contribution in [0.3, 0.4) is 0 Å². The number of carbonyl (C=O) groups excluding carboxylic acids is 5. The molecule has 4 amide bonds. The van der Waals surface area contributed by atoms with Crippen molar-refractivity contribution < 1.29 is 87.1 Å². The highest BCUT2D eigenvalue weighted by Gasteiger charge is 2.33. The van der Waals surface area contributed by atoms with Gasteiger partial charge in [-0.25, -0.2) is 28.8 Å². The molecule has 0 aromatic heterocycles. The molecule has 0 heterocycles. The van der Waals surface area contributed by atoms with Gasteiger partial charge in [-0.05, 0) is 343 Å². The zero-order valence-electron chi connectivity index (χ0n) is 73.3. The molecule has 7 rings (SSSR count). The van der Waals surface area contributed by atoms with Crippen molar-refractivity contribution in [2.24, 2.45) is 0 Å². The fraction of sp³-hybridized carbons (Fsp3) is 0.516. The molecule has 22 nitrogen and oxygen atoms in total. The summed E-state index contributed by atoms with van der Waals surface area (Å²) in [4.78, 5) is 73.1. The maximum atomic E-state index is 12.5. The van der Waals surface area contributed by atoms with Crippen LogP contribution in [-0.4, -0.2) is 140 Å². The van der Waals surface area contributed by atoms with Crippen LogP contribution in [0.4, 0.5) is 19.2 Å². The van der Waals surface area contributed by atoms with Crippen molar-refractivity contribution in [1.29, 1.82) is 0 Å². The van der Waals surface area contributed by atoms with Crippen molar-refractivity contribution in [3.63, 3.8) is 0 Å². The molecule has 0 aliphatic heterocycles. The summed E-state index contributed by atoms with van der Waals surface area (Å²) in [5.41, 5.74) is 13.3. The molecule has 0 unspecified atom stereocenters.